The lowest BCUT2D eigenvalue weighted by Gasteiger charge is -2.21. The summed E-state index contributed by atoms with van der Waals surface area (Å²) in [5.41, 5.74) is 2.11. The Kier molecular flexibility index (Phi) is 5.53. The third-order valence-corrected chi connectivity index (χ3v) is 6.23. The van der Waals surface area contributed by atoms with Gasteiger partial charge in [0.2, 0.25) is 11.8 Å². The number of methoxy groups -OCH3 is 2. The number of halogens is 1. The molecule has 1 saturated heterocycles. The van der Waals surface area contributed by atoms with Gasteiger partial charge < -0.3 is 19.7 Å². The zero-order chi connectivity index (χ0) is 21.4. The highest BCUT2D eigenvalue weighted by Crippen LogP contribution is 2.40. The maximum Gasteiger partial charge on any atom is 0.229 e. The quantitative estimate of drug-likeness (QED) is 0.634. The van der Waals surface area contributed by atoms with Gasteiger partial charge in [0.1, 0.15) is 11.5 Å². The number of ether oxygens (including phenoxy) is 2. The number of rotatable bonds is 5. The highest BCUT2D eigenvalue weighted by atomic mass is 35.5. The number of aryl methyl sites for hydroxylation is 1. The number of hydrogen-bond donors (Lipinski definition) is 1. The Morgan fingerprint density at radius 2 is 2.00 bits per heavy atom. The molecule has 4 rings (SSSR count). The van der Waals surface area contributed by atoms with E-state index in [0.717, 1.165) is 15.2 Å². The largest absolute Gasteiger partial charge is 0.495 e. The predicted molar refractivity (Wildman–Crippen MR) is 118 cm³/mol. The molecule has 1 N–H and O–H groups in total. The molecule has 1 aliphatic rings. The van der Waals surface area contributed by atoms with Crippen molar-refractivity contribution in [2.24, 2.45) is 5.92 Å². The maximum absolute atomic E-state index is 12.8. The van der Waals surface area contributed by atoms with Gasteiger partial charge in [0.15, 0.2) is 0 Å². The number of amides is 2. The fraction of sp³-hybridized carbons (Fsp3) is 0.286. The Bertz CT molecular complexity index is 1150. The molecule has 2 heterocycles. The zero-order valence-corrected chi connectivity index (χ0v) is 18.3. The lowest BCUT2D eigenvalue weighted by Crippen LogP contribution is -2.28. The van der Waals surface area contributed by atoms with E-state index in [1.807, 2.05) is 25.1 Å². The SMILES string of the molecule is COc1cc(OC)c(N2C[C@@H](C(=O)Nc3ccc4nc(C)sc4c3)CC2=O)cc1Cl. The molecule has 0 radical (unpaired) electrons. The molecule has 0 aliphatic carbocycles. The third-order valence-electron chi connectivity index (χ3n) is 5.00. The second-order valence-corrected chi connectivity index (χ2v) is 8.61. The molecule has 0 unspecified atom stereocenters. The average Bonchev–Trinajstić information content (AvgIpc) is 3.29. The topological polar surface area (TPSA) is 80.8 Å². The first-order valence-electron chi connectivity index (χ1n) is 9.29. The summed E-state index contributed by atoms with van der Waals surface area (Å²) >= 11 is 7.81. The van der Waals surface area contributed by atoms with E-state index in [2.05, 4.69) is 10.3 Å². The molecule has 0 saturated carbocycles. The number of anilines is 2. The molecule has 2 amide bonds. The van der Waals surface area contributed by atoms with Crippen LogP contribution in [0.5, 0.6) is 11.5 Å². The molecular weight excluding hydrogens is 426 g/mol. The third kappa shape index (κ3) is 3.80. The van der Waals surface area contributed by atoms with E-state index in [0.29, 0.717) is 27.9 Å². The molecule has 156 valence electrons. The Morgan fingerprint density at radius 3 is 2.73 bits per heavy atom. The molecule has 1 aliphatic heterocycles. The van der Waals surface area contributed by atoms with E-state index < -0.39 is 5.92 Å². The fourth-order valence-corrected chi connectivity index (χ4v) is 4.63. The van der Waals surface area contributed by atoms with Gasteiger partial charge in [-0.2, -0.15) is 0 Å². The van der Waals surface area contributed by atoms with Crippen LogP contribution < -0.4 is 19.7 Å². The van der Waals surface area contributed by atoms with Gasteiger partial charge >= 0.3 is 0 Å². The maximum atomic E-state index is 12.8. The van der Waals surface area contributed by atoms with Crippen molar-refractivity contribution in [3.63, 3.8) is 0 Å². The van der Waals surface area contributed by atoms with Crippen LogP contribution in [-0.4, -0.2) is 37.6 Å². The van der Waals surface area contributed by atoms with Crippen LogP contribution in [0.3, 0.4) is 0 Å². The van der Waals surface area contributed by atoms with Crippen molar-refractivity contribution in [3.05, 3.63) is 40.4 Å². The number of thiazole rings is 1. The summed E-state index contributed by atoms with van der Waals surface area (Å²) in [4.78, 5) is 31.4. The van der Waals surface area contributed by atoms with Gasteiger partial charge in [0, 0.05) is 24.7 Å². The fourth-order valence-electron chi connectivity index (χ4n) is 3.53. The highest BCUT2D eigenvalue weighted by Gasteiger charge is 2.36. The standard InChI is InChI=1S/C21H20ClN3O4S/c1-11-23-15-5-4-13(7-19(15)30-11)24-21(27)12-6-20(26)25(10-12)16-8-14(22)17(28-2)9-18(16)29-3/h4-5,7-9,12H,6,10H2,1-3H3,(H,24,27)/t12-/m0/s1. The first-order chi connectivity index (χ1) is 14.4. The molecule has 0 bridgehead atoms. The van der Waals surface area contributed by atoms with E-state index in [1.165, 1.54) is 19.1 Å². The lowest BCUT2D eigenvalue weighted by molar-refractivity contribution is -0.122. The van der Waals surface area contributed by atoms with Crippen molar-refractivity contribution in [1.29, 1.82) is 0 Å². The molecule has 0 spiro atoms. The summed E-state index contributed by atoms with van der Waals surface area (Å²) in [6.45, 7) is 2.19. The van der Waals surface area contributed by atoms with Gasteiger partial charge in [-0.15, -0.1) is 11.3 Å². The number of hydrogen-bond acceptors (Lipinski definition) is 6. The van der Waals surface area contributed by atoms with E-state index in [9.17, 15) is 9.59 Å². The van der Waals surface area contributed by atoms with E-state index in [1.54, 1.807) is 23.5 Å². The van der Waals surface area contributed by atoms with Crippen LogP contribution in [0, 0.1) is 12.8 Å². The van der Waals surface area contributed by atoms with Crippen molar-refractivity contribution >= 4 is 56.3 Å². The molecule has 9 heteroatoms. The molecule has 1 fully saturated rings. The van der Waals surface area contributed by atoms with Crippen molar-refractivity contribution in [3.8, 4) is 11.5 Å². The smallest absolute Gasteiger partial charge is 0.229 e. The molecule has 30 heavy (non-hydrogen) atoms. The van der Waals surface area contributed by atoms with Crippen LogP contribution in [0.15, 0.2) is 30.3 Å². The number of aromatic nitrogens is 1. The second-order valence-electron chi connectivity index (χ2n) is 6.97. The Hall–Kier alpha value is -2.84. The summed E-state index contributed by atoms with van der Waals surface area (Å²) in [5, 5.41) is 4.25. The van der Waals surface area contributed by atoms with Crippen LogP contribution in [0.2, 0.25) is 5.02 Å². The first-order valence-corrected chi connectivity index (χ1v) is 10.5. The Morgan fingerprint density at radius 1 is 1.23 bits per heavy atom. The van der Waals surface area contributed by atoms with Crippen LogP contribution in [0.25, 0.3) is 10.2 Å². The summed E-state index contributed by atoms with van der Waals surface area (Å²) in [6.07, 6.45) is 0.112. The summed E-state index contributed by atoms with van der Waals surface area (Å²) in [6, 6.07) is 8.85. The van der Waals surface area contributed by atoms with Crippen LogP contribution >= 0.6 is 22.9 Å². The second kappa shape index (κ2) is 8.12. The summed E-state index contributed by atoms with van der Waals surface area (Å²) in [5.74, 6) is 0.0544. The van der Waals surface area contributed by atoms with Gasteiger partial charge in [-0.05, 0) is 31.2 Å². The van der Waals surface area contributed by atoms with Gasteiger partial charge in [0.05, 0.1) is 46.1 Å². The van der Waals surface area contributed by atoms with Crippen LogP contribution in [-0.2, 0) is 9.59 Å². The lowest BCUT2D eigenvalue weighted by atomic mass is 10.1. The van der Waals surface area contributed by atoms with Crippen molar-refractivity contribution < 1.29 is 19.1 Å². The number of nitrogens with one attached hydrogen (secondary N) is 1. The normalized spacial score (nSPS) is 16.2. The predicted octanol–water partition coefficient (Wildman–Crippen LogP) is 4.27. The molecule has 1 atom stereocenters. The summed E-state index contributed by atoms with van der Waals surface area (Å²) in [7, 11) is 3.01. The Labute approximate surface area is 182 Å². The monoisotopic (exact) mass is 445 g/mol. The van der Waals surface area contributed by atoms with Crippen molar-refractivity contribution in [1.82, 2.24) is 4.98 Å². The molecule has 1 aromatic heterocycles. The van der Waals surface area contributed by atoms with Crippen molar-refractivity contribution in [2.45, 2.75) is 13.3 Å². The van der Waals surface area contributed by atoms with E-state index in [-0.39, 0.29) is 24.8 Å². The number of benzene rings is 2. The highest BCUT2D eigenvalue weighted by molar-refractivity contribution is 7.18. The molecular formula is C21H20ClN3O4S. The minimum absolute atomic E-state index is 0.112. The minimum atomic E-state index is -0.484. The van der Waals surface area contributed by atoms with E-state index >= 15 is 0 Å². The van der Waals surface area contributed by atoms with Gasteiger partial charge in [-0.25, -0.2) is 4.98 Å². The number of carbonyl (C=O) groups is 2. The van der Waals surface area contributed by atoms with Gasteiger partial charge in [-0.3, -0.25) is 9.59 Å². The van der Waals surface area contributed by atoms with Crippen LogP contribution in [0.4, 0.5) is 11.4 Å². The molecule has 2 aromatic carbocycles. The average molecular weight is 446 g/mol. The zero-order valence-electron chi connectivity index (χ0n) is 16.7. The van der Waals surface area contributed by atoms with E-state index in [4.69, 9.17) is 21.1 Å². The Balaban J connectivity index is 1.52. The number of carbonyl (C=O) groups excluding carboxylic acids is 2. The number of fused-ring (bicyclic) bond motifs is 1. The summed E-state index contributed by atoms with van der Waals surface area (Å²) < 4.78 is 11.6. The first kappa shape index (κ1) is 20.4. The van der Waals surface area contributed by atoms with Crippen molar-refractivity contribution in [2.75, 3.05) is 31.0 Å². The minimum Gasteiger partial charge on any atom is -0.495 e. The van der Waals surface area contributed by atoms with Crippen LogP contribution in [0.1, 0.15) is 11.4 Å². The van der Waals surface area contributed by atoms with Gasteiger partial charge in [0.25, 0.3) is 0 Å². The number of nitrogens with zero attached hydrogens (tertiary/aromatic N) is 2. The van der Waals surface area contributed by atoms with Gasteiger partial charge in [-0.1, -0.05) is 11.6 Å². The molecule has 7 nitrogen and oxygen atoms in total. The molecule has 3 aromatic rings.